The van der Waals surface area contributed by atoms with Crippen LogP contribution in [0.3, 0.4) is 0 Å². The van der Waals surface area contributed by atoms with Gasteiger partial charge in [-0.1, -0.05) is 12.1 Å². The topological polar surface area (TPSA) is 106 Å². The van der Waals surface area contributed by atoms with E-state index >= 15 is 0 Å². The van der Waals surface area contributed by atoms with Crippen LogP contribution in [0.5, 0.6) is 17.2 Å². The molecule has 1 fully saturated rings. The van der Waals surface area contributed by atoms with Crippen molar-refractivity contribution < 1.29 is 28.6 Å². The van der Waals surface area contributed by atoms with Gasteiger partial charge >= 0.3 is 6.03 Å². The minimum Gasteiger partial charge on any atom is -0.495 e. The lowest BCUT2D eigenvalue weighted by Gasteiger charge is -2.23. The summed E-state index contributed by atoms with van der Waals surface area (Å²) in [4.78, 5) is 39.1. The molecule has 0 spiro atoms. The molecule has 0 aliphatic carbocycles. The van der Waals surface area contributed by atoms with Crippen LogP contribution in [0.15, 0.2) is 36.4 Å². The van der Waals surface area contributed by atoms with Gasteiger partial charge in [0, 0.05) is 0 Å². The first kappa shape index (κ1) is 21.9. The quantitative estimate of drug-likeness (QED) is 0.658. The van der Waals surface area contributed by atoms with Crippen molar-refractivity contribution in [2.24, 2.45) is 0 Å². The van der Waals surface area contributed by atoms with E-state index in [0.29, 0.717) is 28.5 Å². The molecule has 0 bridgehead atoms. The number of carbonyl (C=O) groups is 3. The van der Waals surface area contributed by atoms with E-state index in [9.17, 15) is 14.4 Å². The SMILES string of the molecule is COc1ccc(C)cc1NC(=O)CN1C(=O)N[C@@](C)(c2ccc(OC)c(OC)c2)C1=O. The molecular weight excluding hydrogens is 402 g/mol. The highest BCUT2D eigenvalue weighted by molar-refractivity contribution is 6.10. The van der Waals surface area contributed by atoms with Gasteiger partial charge in [-0.3, -0.25) is 14.5 Å². The van der Waals surface area contributed by atoms with Gasteiger partial charge in [0.25, 0.3) is 5.91 Å². The zero-order valence-electron chi connectivity index (χ0n) is 18.1. The third-order valence-corrected chi connectivity index (χ3v) is 5.17. The number of nitrogens with zero attached hydrogens (tertiary/aromatic N) is 1. The van der Waals surface area contributed by atoms with Gasteiger partial charge in [0.2, 0.25) is 5.91 Å². The Morgan fingerprint density at radius 1 is 1.00 bits per heavy atom. The highest BCUT2D eigenvalue weighted by Gasteiger charge is 2.49. The summed E-state index contributed by atoms with van der Waals surface area (Å²) in [5, 5.41) is 5.37. The van der Waals surface area contributed by atoms with Crippen LogP contribution >= 0.6 is 0 Å². The van der Waals surface area contributed by atoms with Crippen LogP contribution < -0.4 is 24.8 Å². The van der Waals surface area contributed by atoms with Gasteiger partial charge in [0.1, 0.15) is 17.8 Å². The minimum absolute atomic E-state index is 0.422. The third-order valence-electron chi connectivity index (χ3n) is 5.17. The normalized spacial score (nSPS) is 17.9. The van der Waals surface area contributed by atoms with E-state index in [2.05, 4.69) is 10.6 Å². The van der Waals surface area contributed by atoms with Gasteiger partial charge in [-0.2, -0.15) is 0 Å². The molecule has 1 aliphatic heterocycles. The summed E-state index contributed by atoms with van der Waals surface area (Å²) >= 11 is 0. The standard InChI is InChI=1S/C22H25N3O6/c1-13-6-8-16(29-3)15(10-13)23-19(26)12-25-20(27)22(2,24-21(25)28)14-7-9-17(30-4)18(11-14)31-5/h6-11H,12H2,1-5H3,(H,23,26)(H,24,28)/t22-/m0/s1. The average molecular weight is 427 g/mol. The maximum atomic E-state index is 13.1. The second-order valence-corrected chi connectivity index (χ2v) is 7.27. The van der Waals surface area contributed by atoms with Gasteiger partial charge in [-0.15, -0.1) is 0 Å². The second-order valence-electron chi connectivity index (χ2n) is 7.27. The molecule has 31 heavy (non-hydrogen) atoms. The molecule has 2 aromatic carbocycles. The highest BCUT2D eigenvalue weighted by Crippen LogP contribution is 2.35. The maximum Gasteiger partial charge on any atom is 0.325 e. The van der Waals surface area contributed by atoms with E-state index in [-0.39, 0.29) is 0 Å². The van der Waals surface area contributed by atoms with E-state index in [0.717, 1.165) is 10.5 Å². The fraction of sp³-hybridized carbons (Fsp3) is 0.318. The number of carbonyl (C=O) groups excluding carboxylic acids is 3. The number of ether oxygens (including phenoxy) is 3. The summed E-state index contributed by atoms with van der Waals surface area (Å²) in [6.45, 7) is 3.02. The number of nitrogens with one attached hydrogen (secondary N) is 2. The van der Waals surface area contributed by atoms with Gasteiger partial charge in [-0.05, 0) is 49.2 Å². The molecule has 1 saturated heterocycles. The fourth-order valence-corrected chi connectivity index (χ4v) is 3.44. The van der Waals surface area contributed by atoms with Crippen molar-refractivity contribution in [3.05, 3.63) is 47.5 Å². The van der Waals surface area contributed by atoms with Crippen LogP contribution in [0.2, 0.25) is 0 Å². The minimum atomic E-state index is -1.35. The number of amides is 4. The summed E-state index contributed by atoms with van der Waals surface area (Å²) in [5.74, 6) is 0.326. The summed E-state index contributed by atoms with van der Waals surface area (Å²) in [7, 11) is 4.48. The number of rotatable bonds is 7. The predicted molar refractivity (Wildman–Crippen MR) is 114 cm³/mol. The molecule has 3 rings (SSSR count). The van der Waals surface area contributed by atoms with E-state index in [4.69, 9.17) is 14.2 Å². The molecule has 9 heteroatoms. The number of imide groups is 1. The van der Waals surface area contributed by atoms with E-state index < -0.39 is 29.9 Å². The Morgan fingerprint density at radius 2 is 1.65 bits per heavy atom. The summed E-state index contributed by atoms with van der Waals surface area (Å²) in [6, 6.07) is 9.61. The molecule has 1 atom stereocenters. The largest absolute Gasteiger partial charge is 0.495 e. The van der Waals surface area contributed by atoms with Crippen LogP contribution in [0, 0.1) is 6.92 Å². The van der Waals surface area contributed by atoms with Crippen LogP contribution in [-0.4, -0.2) is 50.6 Å². The smallest absolute Gasteiger partial charge is 0.325 e. The molecule has 0 unspecified atom stereocenters. The Morgan fingerprint density at radius 3 is 2.29 bits per heavy atom. The molecule has 2 N–H and O–H groups in total. The highest BCUT2D eigenvalue weighted by atomic mass is 16.5. The molecule has 1 aliphatic rings. The van der Waals surface area contributed by atoms with Crippen molar-refractivity contribution in [3.8, 4) is 17.2 Å². The Hall–Kier alpha value is -3.75. The average Bonchev–Trinajstić information content (AvgIpc) is 2.97. The Labute approximate surface area is 180 Å². The first-order chi connectivity index (χ1) is 14.7. The van der Waals surface area contributed by atoms with Gasteiger partial charge in [-0.25, -0.2) is 4.79 Å². The Bertz CT molecular complexity index is 1040. The van der Waals surface area contributed by atoms with Crippen molar-refractivity contribution >= 4 is 23.5 Å². The van der Waals surface area contributed by atoms with Crippen molar-refractivity contribution in [1.82, 2.24) is 10.2 Å². The number of benzene rings is 2. The molecular formula is C22H25N3O6. The Kier molecular flexibility index (Phi) is 6.05. The van der Waals surface area contributed by atoms with Gasteiger partial charge < -0.3 is 24.8 Å². The van der Waals surface area contributed by atoms with Crippen LogP contribution in [0.25, 0.3) is 0 Å². The van der Waals surface area contributed by atoms with E-state index in [1.54, 1.807) is 37.3 Å². The van der Waals surface area contributed by atoms with Crippen molar-refractivity contribution in [1.29, 1.82) is 0 Å². The van der Waals surface area contributed by atoms with Gasteiger partial charge in [0.05, 0.1) is 27.0 Å². The molecule has 0 saturated carbocycles. The molecule has 2 aromatic rings. The molecule has 4 amide bonds. The number of hydrogen-bond acceptors (Lipinski definition) is 6. The lowest BCUT2D eigenvalue weighted by molar-refractivity contribution is -0.133. The zero-order chi connectivity index (χ0) is 22.8. The second kappa shape index (κ2) is 8.55. The number of urea groups is 1. The van der Waals surface area contributed by atoms with E-state index in [1.807, 2.05) is 13.0 Å². The van der Waals surface area contributed by atoms with Crippen LogP contribution in [-0.2, 0) is 15.1 Å². The van der Waals surface area contributed by atoms with Crippen molar-refractivity contribution in [2.75, 3.05) is 33.2 Å². The van der Waals surface area contributed by atoms with Crippen LogP contribution in [0.4, 0.5) is 10.5 Å². The fourth-order valence-electron chi connectivity index (χ4n) is 3.44. The predicted octanol–water partition coefficient (Wildman–Crippen LogP) is 2.43. The zero-order valence-corrected chi connectivity index (χ0v) is 18.1. The maximum absolute atomic E-state index is 13.1. The van der Waals surface area contributed by atoms with Gasteiger partial charge in [0.15, 0.2) is 11.5 Å². The number of hydrogen-bond donors (Lipinski definition) is 2. The summed E-state index contributed by atoms with van der Waals surface area (Å²) in [6.07, 6.45) is 0. The molecule has 1 heterocycles. The molecule has 164 valence electrons. The first-order valence-electron chi connectivity index (χ1n) is 9.54. The molecule has 0 radical (unpaired) electrons. The Balaban J connectivity index is 1.80. The summed E-state index contributed by atoms with van der Waals surface area (Å²) in [5.41, 5.74) is 0.541. The summed E-state index contributed by atoms with van der Waals surface area (Å²) < 4.78 is 15.8. The monoisotopic (exact) mass is 427 g/mol. The van der Waals surface area contributed by atoms with E-state index in [1.165, 1.54) is 21.3 Å². The lowest BCUT2D eigenvalue weighted by atomic mass is 9.91. The first-order valence-corrected chi connectivity index (χ1v) is 9.54. The third kappa shape index (κ3) is 4.11. The van der Waals surface area contributed by atoms with Crippen molar-refractivity contribution in [2.45, 2.75) is 19.4 Å². The molecule has 0 aromatic heterocycles. The number of aryl methyl sites for hydroxylation is 1. The molecule has 9 nitrogen and oxygen atoms in total. The van der Waals surface area contributed by atoms with Crippen molar-refractivity contribution in [3.63, 3.8) is 0 Å². The lowest BCUT2D eigenvalue weighted by Crippen LogP contribution is -2.42. The number of methoxy groups -OCH3 is 3. The van der Waals surface area contributed by atoms with Crippen LogP contribution in [0.1, 0.15) is 18.1 Å². The number of anilines is 1.